The molecule has 0 radical (unpaired) electrons. The maximum absolute atomic E-state index is 9.92. The standard InChI is InChI=1S/C40H26N4/c1-40(2)32-18-16-25(22-31(32)38-27-10-4-3-9-24(27)15-19-33(38)40)26-17-20-37-30(21-26)28-11-6-8-14-36(28)44(37)39-42-34-13-7-5-12-29(34)35(23-41)43-39/h3-22H,1-2H3. The van der Waals surface area contributed by atoms with Gasteiger partial charge in [-0.3, -0.25) is 4.57 Å². The van der Waals surface area contributed by atoms with Crippen molar-refractivity contribution in [1.82, 2.24) is 14.5 Å². The van der Waals surface area contributed by atoms with Crippen LogP contribution in [0.5, 0.6) is 0 Å². The van der Waals surface area contributed by atoms with E-state index < -0.39 is 0 Å². The topological polar surface area (TPSA) is 54.5 Å². The lowest BCUT2D eigenvalue weighted by Crippen LogP contribution is -2.14. The lowest BCUT2D eigenvalue weighted by Gasteiger charge is -2.21. The molecule has 4 nitrogen and oxygen atoms in total. The maximum atomic E-state index is 9.92. The molecule has 0 bridgehead atoms. The van der Waals surface area contributed by atoms with Crippen LogP contribution in [0.15, 0.2) is 121 Å². The number of nitrogens with zero attached hydrogens (tertiary/aromatic N) is 4. The zero-order chi connectivity index (χ0) is 29.6. The highest BCUT2D eigenvalue weighted by atomic mass is 15.2. The smallest absolute Gasteiger partial charge is 0.236 e. The van der Waals surface area contributed by atoms with Gasteiger partial charge in [0.05, 0.1) is 16.6 Å². The lowest BCUT2D eigenvalue weighted by atomic mass is 9.82. The number of para-hydroxylation sites is 2. The molecule has 0 amide bonds. The van der Waals surface area contributed by atoms with Gasteiger partial charge in [0.15, 0.2) is 5.69 Å². The van der Waals surface area contributed by atoms with Crippen LogP contribution in [0.25, 0.3) is 71.7 Å². The SMILES string of the molecule is CC1(C)c2ccc(-c3ccc4c(c3)c3ccccc3n4-c3nc(C#N)c4ccccc4n3)cc2-c2c1ccc1ccccc21. The highest BCUT2D eigenvalue weighted by molar-refractivity contribution is 6.10. The Labute approximate surface area is 254 Å². The average molecular weight is 563 g/mol. The van der Waals surface area contributed by atoms with E-state index >= 15 is 0 Å². The Morgan fingerprint density at radius 1 is 0.614 bits per heavy atom. The van der Waals surface area contributed by atoms with Crippen LogP contribution < -0.4 is 0 Å². The lowest BCUT2D eigenvalue weighted by molar-refractivity contribution is 0.661. The van der Waals surface area contributed by atoms with Crippen molar-refractivity contribution >= 4 is 43.5 Å². The maximum Gasteiger partial charge on any atom is 0.236 e. The van der Waals surface area contributed by atoms with E-state index in [-0.39, 0.29) is 5.41 Å². The molecular weight excluding hydrogens is 536 g/mol. The molecule has 0 atom stereocenters. The van der Waals surface area contributed by atoms with E-state index in [9.17, 15) is 5.26 Å². The molecule has 2 aromatic heterocycles. The summed E-state index contributed by atoms with van der Waals surface area (Å²) in [4.78, 5) is 9.64. The number of benzene rings is 6. The van der Waals surface area contributed by atoms with Crippen molar-refractivity contribution in [3.63, 3.8) is 0 Å². The second-order valence-electron chi connectivity index (χ2n) is 12.2. The van der Waals surface area contributed by atoms with Gasteiger partial charge in [-0.1, -0.05) is 98.8 Å². The molecule has 6 aromatic carbocycles. The van der Waals surface area contributed by atoms with Gasteiger partial charge < -0.3 is 0 Å². The molecule has 4 heteroatoms. The summed E-state index contributed by atoms with van der Waals surface area (Å²) in [6.07, 6.45) is 0. The third-order valence-electron chi connectivity index (χ3n) is 9.47. The molecule has 0 spiro atoms. The molecule has 9 rings (SSSR count). The van der Waals surface area contributed by atoms with Gasteiger partial charge in [0.25, 0.3) is 0 Å². The zero-order valence-corrected chi connectivity index (χ0v) is 24.3. The molecule has 1 aliphatic rings. The largest absolute Gasteiger partial charge is 0.278 e. The molecule has 0 unspecified atom stereocenters. The summed E-state index contributed by atoms with van der Waals surface area (Å²) in [5.41, 5.74) is 10.8. The summed E-state index contributed by atoms with van der Waals surface area (Å²) < 4.78 is 2.08. The minimum absolute atomic E-state index is 0.0628. The zero-order valence-electron chi connectivity index (χ0n) is 24.3. The van der Waals surface area contributed by atoms with Crippen LogP contribution in [0.4, 0.5) is 0 Å². The van der Waals surface area contributed by atoms with Crippen molar-refractivity contribution in [1.29, 1.82) is 5.26 Å². The molecular formula is C40H26N4. The van der Waals surface area contributed by atoms with Gasteiger partial charge in [-0.2, -0.15) is 5.26 Å². The van der Waals surface area contributed by atoms with E-state index in [1.54, 1.807) is 0 Å². The predicted molar refractivity (Wildman–Crippen MR) is 179 cm³/mol. The number of aromatic nitrogens is 3. The quantitative estimate of drug-likeness (QED) is 0.211. The number of fused-ring (bicyclic) bond motifs is 9. The van der Waals surface area contributed by atoms with Gasteiger partial charge in [0, 0.05) is 21.6 Å². The predicted octanol–water partition coefficient (Wildman–Crippen LogP) is 9.73. The van der Waals surface area contributed by atoms with Crippen molar-refractivity contribution in [2.75, 3.05) is 0 Å². The first-order chi connectivity index (χ1) is 21.5. The van der Waals surface area contributed by atoms with Crippen LogP contribution >= 0.6 is 0 Å². The average Bonchev–Trinajstić information content (AvgIpc) is 3.52. The Hall–Kier alpha value is -5.79. The molecule has 0 aliphatic heterocycles. The first-order valence-electron chi connectivity index (χ1n) is 14.9. The fourth-order valence-corrected chi connectivity index (χ4v) is 7.32. The normalized spacial score (nSPS) is 13.4. The van der Waals surface area contributed by atoms with E-state index in [4.69, 9.17) is 9.97 Å². The first kappa shape index (κ1) is 24.8. The van der Waals surface area contributed by atoms with Crippen LogP contribution in [0.3, 0.4) is 0 Å². The Morgan fingerprint density at radius 2 is 1.30 bits per heavy atom. The van der Waals surface area contributed by atoms with Crippen LogP contribution in [-0.2, 0) is 5.41 Å². The molecule has 44 heavy (non-hydrogen) atoms. The van der Waals surface area contributed by atoms with E-state index in [1.807, 2.05) is 30.3 Å². The number of hydrogen-bond donors (Lipinski definition) is 0. The molecule has 0 saturated heterocycles. The van der Waals surface area contributed by atoms with E-state index in [2.05, 4.69) is 115 Å². The van der Waals surface area contributed by atoms with Gasteiger partial charge in [-0.25, -0.2) is 9.97 Å². The van der Waals surface area contributed by atoms with Crippen molar-refractivity contribution in [3.05, 3.63) is 138 Å². The molecule has 0 saturated carbocycles. The highest BCUT2D eigenvalue weighted by Crippen LogP contribution is 2.52. The Bertz CT molecular complexity index is 2550. The minimum Gasteiger partial charge on any atom is -0.278 e. The second kappa shape index (κ2) is 8.86. The number of rotatable bonds is 2. The number of hydrogen-bond acceptors (Lipinski definition) is 3. The van der Waals surface area contributed by atoms with Gasteiger partial charge in [0.1, 0.15) is 6.07 Å². The molecule has 2 heterocycles. The first-order valence-corrected chi connectivity index (χ1v) is 14.9. The van der Waals surface area contributed by atoms with Gasteiger partial charge >= 0.3 is 0 Å². The summed E-state index contributed by atoms with van der Waals surface area (Å²) in [5, 5.41) is 15.5. The summed E-state index contributed by atoms with van der Waals surface area (Å²) in [7, 11) is 0. The molecule has 0 N–H and O–H groups in total. The molecule has 1 aliphatic carbocycles. The summed E-state index contributed by atoms with van der Waals surface area (Å²) >= 11 is 0. The third-order valence-corrected chi connectivity index (χ3v) is 9.47. The van der Waals surface area contributed by atoms with E-state index in [0.29, 0.717) is 11.6 Å². The minimum atomic E-state index is -0.0628. The highest BCUT2D eigenvalue weighted by Gasteiger charge is 2.36. The Kier molecular flexibility index (Phi) is 4.99. The Morgan fingerprint density at radius 3 is 2.16 bits per heavy atom. The molecule has 0 fully saturated rings. The van der Waals surface area contributed by atoms with Crippen LogP contribution in [-0.4, -0.2) is 14.5 Å². The van der Waals surface area contributed by atoms with E-state index in [1.165, 1.54) is 38.6 Å². The summed E-state index contributed by atoms with van der Waals surface area (Å²) in [5.74, 6) is 0.502. The molecule has 8 aromatic rings. The summed E-state index contributed by atoms with van der Waals surface area (Å²) in [6, 6.07) is 45.2. The van der Waals surface area contributed by atoms with Gasteiger partial charge in [0.2, 0.25) is 5.95 Å². The van der Waals surface area contributed by atoms with Crippen molar-refractivity contribution < 1.29 is 0 Å². The van der Waals surface area contributed by atoms with Crippen LogP contribution in [0.1, 0.15) is 30.7 Å². The Balaban J connectivity index is 1.26. The van der Waals surface area contributed by atoms with Crippen molar-refractivity contribution in [2.24, 2.45) is 0 Å². The second-order valence-corrected chi connectivity index (χ2v) is 12.2. The molecule has 206 valence electrons. The van der Waals surface area contributed by atoms with E-state index in [0.717, 1.165) is 38.3 Å². The van der Waals surface area contributed by atoms with Crippen molar-refractivity contribution in [3.8, 4) is 34.3 Å². The van der Waals surface area contributed by atoms with Gasteiger partial charge in [-0.05, 0) is 80.6 Å². The third kappa shape index (κ3) is 3.32. The van der Waals surface area contributed by atoms with Crippen molar-refractivity contribution in [2.45, 2.75) is 19.3 Å². The fourth-order valence-electron chi connectivity index (χ4n) is 7.32. The monoisotopic (exact) mass is 562 g/mol. The van der Waals surface area contributed by atoms with Crippen LogP contribution in [0.2, 0.25) is 0 Å². The summed E-state index contributed by atoms with van der Waals surface area (Å²) in [6.45, 7) is 4.67. The fraction of sp³-hybridized carbons (Fsp3) is 0.0750. The number of nitriles is 1. The van der Waals surface area contributed by atoms with Gasteiger partial charge in [-0.15, -0.1) is 0 Å². The van der Waals surface area contributed by atoms with Crippen LogP contribution in [0, 0.1) is 11.3 Å².